The standard InChI is InChI=1S/C15H24N2O2/c1-11(2)14(10-16-3)15(18)17-9-12-5-7-13(19-4)8-6-12/h5-8,11,14,16H,9-10H2,1-4H3,(H,17,18). The number of nitrogens with one attached hydrogen (secondary N) is 2. The van der Waals surface area contributed by atoms with Crippen LogP contribution in [0.25, 0.3) is 0 Å². The molecule has 0 heterocycles. The van der Waals surface area contributed by atoms with Crippen LogP contribution in [0.1, 0.15) is 19.4 Å². The fraction of sp³-hybridized carbons (Fsp3) is 0.533. The van der Waals surface area contributed by atoms with Crippen LogP contribution in [0.3, 0.4) is 0 Å². The highest BCUT2D eigenvalue weighted by atomic mass is 16.5. The normalized spacial score (nSPS) is 12.3. The van der Waals surface area contributed by atoms with E-state index in [1.165, 1.54) is 0 Å². The summed E-state index contributed by atoms with van der Waals surface area (Å²) >= 11 is 0. The summed E-state index contributed by atoms with van der Waals surface area (Å²) in [6.45, 7) is 5.38. The Labute approximate surface area is 115 Å². The minimum atomic E-state index is 0.00301. The van der Waals surface area contributed by atoms with Crippen molar-refractivity contribution in [2.24, 2.45) is 11.8 Å². The molecule has 1 aromatic carbocycles. The number of methoxy groups -OCH3 is 1. The third-order valence-corrected chi connectivity index (χ3v) is 3.19. The number of hydrogen-bond acceptors (Lipinski definition) is 3. The molecule has 1 atom stereocenters. The molecule has 0 bridgehead atoms. The van der Waals surface area contributed by atoms with Crippen LogP contribution in [0, 0.1) is 11.8 Å². The van der Waals surface area contributed by atoms with E-state index in [0.717, 1.165) is 11.3 Å². The first-order chi connectivity index (χ1) is 9.08. The summed E-state index contributed by atoms with van der Waals surface area (Å²) in [6, 6.07) is 7.72. The molecule has 0 aliphatic carbocycles. The quantitative estimate of drug-likeness (QED) is 0.789. The molecule has 0 aliphatic rings. The molecule has 4 heteroatoms. The first kappa shape index (κ1) is 15.5. The molecule has 2 N–H and O–H groups in total. The van der Waals surface area contributed by atoms with Gasteiger partial charge in [0.15, 0.2) is 0 Å². The van der Waals surface area contributed by atoms with Crippen molar-refractivity contribution < 1.29 is 9.53 Å². The van der Waals surface area contributed by atoms with Gasteiger partial charge in [0, 0.05) is 13.1 Å². The molecule has 0 fully saturated rings. The Morgan fingerprint density at radius 3 is 2.37 bits per heavy atom. The zero-order valence-corrected chi connectivity index (χ0v) is 12.2. The molecule has 4 nitrogen and oxygen atoms in total. The lowest BCUT2D eigenvalue weighted by molar-refractivity contribution is -0.126. The van der Waals surface area contributed by atoms with Crippen molar-refractivity contribution in [3.05, 3.63) is 29.8 Å². The summed E-state index contributed by atoms with van der Waals surface area (Å²) in [6.07, 6.45) is 0. The van der Waals surface area contributed by atoms with E-state index in [4.69, 9.17) is 4.74 Å². The molecule has 0 aromatic heterocycles. The maximum absolute atomic E-state index is 12.1. The third kappa shape index (κ3) is 4.91. The highest BCUT2D eigenvalue weighted by Crippen LogP contribution is 2.12. The molecule has 0 radical (unpaired) electrons. The van der Waals surface area contributed by atoms with E-state index in [1.807, 2.05) is 31.3 Å². The van der Waals surface area contributed by atoms with Gasteiger partial charge in [0.25, 0.3) is 0 Å². The van der Waals surface area contributed by atoms with Crippen LogP contribution in [0.15, 0.2) is 24.3 Å². The minimum absolute atomic E-state index is 0.00301. The van der Waals surface area contributed by atoms with Crippen molar-refractivity contribution in [3.63, 3.8) is 0 Å². The van der Waals surface area contributed by atoms with Crippen molar-refractivity contribution in [1.82, 2.24) is 10.6 Å². The zero-order valence-electron chi connectivity index (χ0n) is 12.2. The molecular weight excluding hydrogens is 240 g/mol. The van der Waals surface area contributed by atoms with Crippen LogP contribution in [0.5, 0.6) is 5.75 Å². The van der Waals surface area contributed by atoms with Gasteiger partial charge in [-0.1, -0.05) is 26.0 Å². The summed E-state index contributed by atoms with van der Waals surface area (Å²) in [7, 11) is 3.51. The number of rotatable bonds is 7. The fourth-order valence-electron chi connectivity index (χ4n) is 1.91. The predicted octanol–water partition coefficient (Wildman–Crippen LogP) is 1.80. The van der Waals surface area contributed by atoms with E-state index in [2.05, 4.69) is 24.5 Å². The van der Waals surface area contributed by atoms with Crippen molar-refractivity contribution in [2.75, 3.05) is 20.7 Å². The average molecular weight is 264 g/mol. The van der Waals surface area contributed by atoms with Gasteiger partial charge in [-0.05, 0) is 30.7 Å². The molecule has 0 saturated heterocycles. The van der Waals surface area contributed by atoms with E-state index in [-0.39, 0.29) is 11.8 Å². The smallest absolute Gasteiger partial charge is 0.224 e. The van der Waals surface area contributed by atoms with Crippen LogP contribution in [-0.2, 0) is 11.3 Å². The van der Waals surface area contributed by atoms with Gasteiger partial charge in [0.2, 0.25) is 5.91 Å². The van der Waals surface area contributed by atoms with Crippen LogP contribution >= 0.6 is 0 Å². The molecule has 0 spiro atoms. The van der Waals surface area contributed by atoms with E-state index in [1.54, 1.807) is 7.11 Å². The van der Waals surface area contributed by atoms with Crippen molar-refractivity contribution >= 4 is 5.91 Å². The van der Waals surface area contributed by atoms with E-state index in [0.29, 0.717) is 19.0 Å². The van der Waals surface area contributed by atoms with Gasteiger partial charge < -0.3 is 15.4 Å². The lowest BCUT2D eigenvalue weighted by Crippen LogP contribution is -2.38. The summed E-state index contributed by atoms with van der Waals surface area (Å²) in [5, 5.41) is 6.05. The van der Waals surface area contributed by atoms with Gasteiger partial charge in [-0.25, -0.2) is 0 Å². The molecule has 1 amide bonds. The van der Waals surface area contributed by atoms with Crippen molar-refractivity contribution in [2.45, 2.75) is 20.4 Å². The lowest BCUT2D eigenvalue weighted by Gasteiger charge is -2.19. The second kappa shape index (κ2) is 7.79. The van der Waals surface area contributed by atoms with E-state index < -0.39 is 0 Å². The monoisotopic (exact) mass is 264 g/mol. The highest BCUT2D eigenvalue weighted by Gasteiger charge is 2.20. The maximum atomic E-state index is 12.1. The largest absolute Gasteiger partial charge is 0.497 e. The summed E-state index contributed by atoms with van der Waals surface area (Å²) in [5.74, 6) is 1.25. The fourth-order valence-corrected chi connectivity index (χ4v) is 1.91. The summed E-state index contributed by atoms with van der Waals surface area (Å²) < 4.78 is 5.10. The molecular formula is C15H24N2O2. The van der Waals surface area contributed by atoms with Gasteiger partial charge in [0.05, 0.1) is 13.0 Å². The van der Waals surface area contributed by atoms with Gasteiger partial charge in [-0.3, -0.25) is 4.79 Å². The van der Waals surface area contributed by atoms with E-state index in [9.17, 15) is 4.79 Å². The van der Waals surface area contributed by atoms with Crippen LogP contribution < -0.4 is 15.4 Å². The molecule has 0 aliphatic heterocycles. The second-order valence-electron chi connectivity index (χ2n) is 4.97. The Morgan fingerprint density at radius 1 is 1.26 bits per heavy atom. The summed E-state index contributed by atoms with van der Waals surface area (Å²) in [5.41, 5.74) is 1.07. The zero-order chi connectivity index (χ0) is 14.3. The second-order valence-corrected chi connectivity index (χ2v) is 4.97. The number of hydrogen-bond donors (Lipinski definition) is 2. The SMILES string of the molecule is CNCC(C(=O)NCc1ccc(OC)cc1)C(C)C. The Morgan fingerprint density at radius 2 is 1.89 bits per heavy atom. The molecule has 1 aromatic rings. The minimum Gasteiger partial charge on any atom is -0.497 e. The lowest BCUT2D eigenvalue weighted by atomic mass is 9.95. The number of benzene rings is 1. The van der Waals surface area contributed by atoms with E-state index >= 15 is 0 Å². The van der Waals surface area contributed by atoms with Crippen molar-refractivity contribution in [3.8, 4) is 5.75 Å². The van der Waals surface area contributed by atoms with Crippen LogP contribution in [0.2, 0.25) is 0 Å². The first-order valence-corrected chi connectivity index (χ1v) is 6.63. The molecule has 1 rings (SSSR count). The van der Waals surface area contributed by atoms with Gasteiger partial charge in [0.1, 0.15) is 5.75 Å². The Hall–Kier alpha value is -1.55. The summed E-state index contributed by atoms with van der Waals surface area (Å²) in [4.78, 5) is 12.1. The number of carbonyl (C=O) groups is 1. The number of carbonyl (C=O) groups excluding carboxylic acids is 1. The van der Waals surface area contributed by atoms with Crippen molar-refractivity contribution in [1.29, 1.82) is 0 Å². The van der Waals surface area contributed by atoms with Gasteiger partial charge in [-0.2, -0.15) is 0 Å². The molecule has 1 unspecified atom stereocenters. The first-order valence-electron chi connectivity index (χ1n) is 6.63. The predicted molar refractivity (Wildman–Crippen MR) is 77.1 cm³/mol. The van der Waals surface area contributed by atoms with Gasteiger partial charge >= 0.3 is 0 Å². The number of amides is 1. The van der Waals surface area contributed by atoms with Crippen LogP contribution in [0.4, 0.5) is 0 Å². The molecule has 0 saturated carbocycles. The average Bonchev–Trinajstić information content (AvgIpc) is 2.42. The maximum Gasteiger partial charge on any atom is 0.224 e. The molecule has 19 heavy (non-hydrogen) atoms. The van der Waals surface area contributed by atoms with Crippen LogP contribution in [-0.4, -0.2) is 26.6 Å². The Bertz CT molecular complexity index is 388. The topological polar surface area (TPSA) is 50.4 Å². The van der Waals surface area contributed by atoms with Gasteiger partial charge in [-0.15, -0.1) is 0 Å². The molecule has 106 valence electrons. The third-order valence-electron chi connectivity index (χ3n) is 3.19. The Kier molecular flexibility index (Phi) is 6.36. The number of ether oxygens (including phenoxy) is 1. The Balaban J connectivity index is 2.52. The highest BCUT2D eigenvalue weighted by molar-refractivity contribution is 5.79.